The first-order chi connectivity index (χ1) is 6.77. The maximum Gasteiger partial charge on any atom is 0.130 e. The van der Waals surface area contributed by atoms with Gasteiger partial charge in [0.1, 0.15) is 5.82 Å². The van der Waals surface area contributed by atoms with Crippen molar-refractivity contribution < 1.29 is 4.39 Å². The van der Waals surface area contributed by atoms with Crippen LogP contribution >= 0.6 is 0 Å². The van der Waals surface area contributed by atoms with Gasteiger partial charge in [-0.05, 0) is 19.5 Å². The molecular formula is C12H16FN. The van der Waals surface area contributed by atoms with Gasteiger partial charge in [0, 0.05) is 12.1 Å². The van der Waals surface area contributed by atoms with Crippen molar-refractivity contribution in [3.05, 3.63) is 41.2 Å². The Bertz CT molecular complexity index is 318. The van der Waals surface area contributed by atoms with E-state index in [1.54, 1.807) is 12.1 Å². The van der Waals surface area contributed by atoms with Crippen molar-refractivity contribution in [3.63, 3.8) is 0 Å². The number of likely N-dealkylation sites (N-methyl/N-ethyl adjacent to an activating group) is 1. The molecular weight excluding hydrogens is 177 g/mol. The van der Waals surface area contributed by atoms with Gasteiger partial charge in [0.2, 0.25) is 0 Å². The molecule has 0 aliphatic rings. The standard InChI is InChI=1S/C12H16FN/c1-3-10(9-14-2)8-11-6-4-5-7-12(11)13/h4-8,14H,3,9H2,1-2H3. The van der Waals surface area contributed by atoms with Crippen molar-refractivity contribution >= 4 is 6.08 Å². The van der Waals surface area contributed by atoms with Gasteiger partial charge >= 0.3 is 0 Å². The average molecular weight is 193 g/mol. The third-order valence-corrected chi connectivity index (χ3v) is 2.12. The van der Waals surface area contributed by atoms with Crippen LogP contribution in [-0.2, 0) is 0 Å². The molecule has 2 heteroatoms. The van der Waals surface area contributed by atoms with Gasteiger partial charge in [-0.2, -0.15) is 0 Å². The second kappa shape index (κ2) is 5.55. The molecule has 1 aromatic rings. The molecule has 1 N–H and O–H groups in total. The van der Waals surface area contributed by atoms with Crippen LogP contribution in [0, 0.1) is 5.82 Å². The first-order valence-corrected chi connectivity index (χ1v) is 4.86. The van der Waals surface area contributed by atoms with E-state index in [9.17, 15) is 4.39 Å². The van der Waals surface area contributed by atoms with Crippen LogP contribution < -0.4 is 5.32 Å². The highest BCUT2D eigenvalue weighted by Crippen LogP contribution is 2.12. The Morgan fingerprint density at radius 1 is 1.43 bits per heavy atom. The fourth-order valence-corrected chi connectivity index (χ4v) is 1.32. The van der Waals surface area contributed by atoms with Crippen molar-refractivity contribution in [2.45, 2.75) is 13.3 Å². The summed E-state index contributed by atoms with van der Waals surface area (Å²) in [7, 11) is 1.89. The molecule has 0 heterocycles. The molecule has 0 saturated carbocycles. The van der Waals surface area contributed by atoms with Crippen molar-refractivity contribution in [2.75, 3.05) is 13.6 Å². The zero-order valence-electron chi connectivity index (χ0n) is 8.68. The second-order valence-corrected chi connectivity index (χ2v) is 3.21. The largest absolute Gasteiger partial charge is 0.316 e. The molecule has 1 rings (SSSR count). The minimum Gasteiger partial charge on any atom is -0.316 e. The summed E-state index contributed by atoms with van der Waals surface area (Å²) in [5.41, 5.74) is 1.87. The Morgan fingerprint density at radius 3 is 2.71 bits per heavy atom. The smallest absolute Gasteiger partial charge is 0.130 e. The second-order valence-electron chi connectivity index (χ2n) is 3.21. The summed E-state index contributed by atoms with van der Waals surface area (Å²) in [6, 6.07) is 6.83. The molecule has 0 unspecified atom stereocenters. The zero-order valence-corrected chi connectivity index (χ0v) is 8.68. The predicted molar refractivity (Wildman–Crippen MR) is 58.6 cm³/mol. The quantitative estimate of drug-likeness (QED) is 0.775. The van der Waals surface area contributed by atoms with Crippen LogP contribution in [0.2, 0.25) is 0 Å². The highest BCUT2D eigenvalue weighted by Gasteiger charge is 1.98. The maximum atomic E-state index is 13.3. The van der Waals surface area contributed by atoms with Crippen molar-refractivity contribution in [1.82, 2.24) is 5.32 Å². The molecule has 0 saturated heterocycles. The lowest BCUT2D eigenvalue weighted by molar-refractivity contribution is 0.625. The number of halogens is 1. The lowest BCUT2D eigenvalue weighted by Gasteiger charge is -2.04. The Morgan fingerprint density at radius 2 is 2.14 bits per heavy atom. The van der Waals surface area contributed by atoms with Crippen molar-refractivity contribution in [2.24, 2.45) is 0 Å². The van der Waals surface area contributed by atoms with E-state index in [1.165, 1.54) is 11.6 Å². The van der Waals surface area contributed by atoms with Gasteiger partial charge in [-0.3, -0.25) is 0 Å². The van der Waals surface area contributed by atoms with Crippen LogP contribution in [0.3, 0.4) is 0 Å². The summed E-state index contributed by atoms with van der Waals surface area (Å²) >= 11 is 0. The zero-order chi connectivity index (χ0) is 10.4. The van der Waals surface area contributed by atoms with Gasteiger partial charge in [0.15, 0.2) is 0 Å². The molecule has 0 radical (unpaired) electrons. The SMILES string of the molecule is CCC(=Cc1ccccc1F)CNC. The molecule has 0 fully saturated rings. The summed E-state index contributed by atoms with van der Waals surface area (Å²) in [4.78, 5) is 0. The first-order valence-electron chi connectivity index (χ1n) is 4.86. The van der Waals surface area contributed by atoms with Gasteiger partial charge in [-0.15, -0.1) is 0 Å². The van der Waals surface area contributed by atoms with Crippen LogP contribution in [0.15, 0.2) is 29.8 Å². The van der Waals surface area contributed by atoms with Gasteiger partial charge < -0.3 is 5.32 Å². The molecule has 1 nitrogen and oxygen atoms in total. The molecule has 0 aromatic heterocycles. The number of benzene rings is 1. The number of nitrogens with one attached hydrogen (secondary N) is 1. The lowest BCUT2D eigenvalue weighted by Crippen LogP contribution is -2.09. The molecule has 0 amide bonds. The van der Waals surface area contributed by atoms with Crippen LogP contribution in [-0.4, -0.2) is 13.6 Å². The van der Waals surface area contributed by atoms with E-state index < -0.39 is 0 Å². The van der Waals surface area contributed by atoms with E-state index in [2.05, 4.69) is 12.2 Å². The van der Waals surface area contributed by atoms with Crippen LogP contribution in [0.5, 0.6) is 0 Å². The summed E-state index contributed by atoms with van der Waals surface area (Å²) in [5, 5.41) is 3.07. The summed E-state index contributed by atoms with van der Waals surface area (Å²) in [6.07, 6.45) is 2.85. The molecule has 76 valence electrons. The van der Waals surface area contributed by atoms with Gasteiger partial charge in [-0.25, -0.2) is 4.39 Å². The van der Waals surface area contributed by atoms with Gasteiger partial charge in [0.05, 0.1) is 0 Å². The Hall–Kier alpha value is -1.15. The Balaban J connectivity index is 2.88. The topological polar surface area (TPSA) is 12.0 Å². The average Bonchev–Trinajstić information content (AvgIpc) is 2.20. The molecule has 1 aromatic carbocycles. The van der Waals surface area contributed by atoms with E-state index in [1.807, 2.05) is 19.2 Å². The van der Waals surface area contributed by atoms with Crippen LogP contribution in [0.25, 0.3) is 6.08 Å². The minimum absolute atomic E-state index is 0.158. The Kier molecular flexibility index (Phi) is 4.33. The van der Waals surface area contributed by atoms with E-state index in [0.29, 0.717) is 5.56 Å². The van der Waals surface area contributed by atoms with E-state index in [-0.39, 0.29) is 5.82 Å². The fraction of sp³-hybridized carbons (Fsp3) is 0.333. The van der Waals surface area contributed by atoms with Crippen molar-refractivity contribution in [3.8, 4) is 0 Å². The normalized spacial score (nSPS) is 11.8. The number of hydrogen-bond acceptors (Lipinski definition) is 1. The van der Waals surface area contributed by atoms with Crippen LogP contribution in [0.1, 0.15) is 18.9 Å². The molecule has 0 bridgehead atoms. The highest BCUT2D eigenvalue weighted by atomic mass is 19.1. The maximum absolute atomic E-state index is 13.3. The third kappa shape index (κ3) is 2.96. The van der Waals surface area contributed by atoms with E-state index in [0.717, 1.165) is 13.0 Å². The summed E-state index contributed by atoms with van der Waals surface area (Å²) in [5.74, 6) is -0.158. The predicted octanol–water partition coefficient (Wildman–Crippen LogP) is 2.84. The minimum atomic E-state index is -0.158. The van der Waals surface area contributed by atoms with E-state index in [4.69, 9.17) is 0 Å². The summed E-state index contributed by atoms with van der Waals surface area (Å²) < 4.78 is 13.3. The third-order valence-electron chi connectivity index (χ3n) is 2.12. The number of rotatable bonds is 4. The monoisotopic (exact) mass is 193 g/mol. The van der Waals surface area contributed by atoms with E-state index >= 15 is 0 Å². The molecule has 0 atom stereocenters. The molecule has 14 heavy (non-hydrogen) atoms. The Labute approximate surface area is 84.6 Å². The van der Waals surface area contributed by atoms with Crippen LogP contribution in [0.4, 0.5) is 4.39 Å². The van der Waals surface area contributed by atoms with Gasteiger partial charge in [0.25, 0.3) is 0 Å². The van der Waals surface area contributed by atoms with Crippen molar-refractivity contribution in [1.29, 1.82) is 0 Å². The lowest BCUT2D eigenvalue weighted by atomic mass is 10.1. The molecule has 0 aliphatic carbocycles. The highest BCUT2D eigenvalue weighted by molar-refractivity contribution is 5.53. The molecule has 0 spiro atoms. The van der Waals surface area contributed by atoms with Gasteiger partial charge in [-0.1, -0.05) is 36.8 Å². The first kappa shape index (κ1) is 10.9. The summed E-state index contributed by atoms with van der Waals surface area (Å²) in [6.45, 7) is 2.88. The molecule has 0 aliphatic heterocycles. The number of hydrogen-bond donors (Lipinski definition) is 1. The fourth-order valence-electron chi connectivity index (χ4n) is 1.32.